The van der Waals surface area contributed by atoms with Crippen LogP contribution in [0.5, 0.6) is 0 Å². The molecular formula is C25H28N4O4S. The van der Waals surface area contributed by atoms with Gasteiger partial charge < -0.3 is 15.5 Å². The van der Waals surface area contributed by atoms with Crippen LogP contribution < -0.4 is 15.4 Å². The maximum absolute atomic E-state index is 13.3. The molecule has 0 radical (unpaired) electrons. The molecule has 1 fully saturated rings. The number of amides is 2. The van der Waals surface area contributed by atoms with Crippen LogP contribution in [0.1, 0.15) is 12.8 Å². The van der Waals surface area contributed by atoms with E-state index in [0.29, 0.717) is 26.2 Å². The van der Waals surface area contributed by atoms with E-state index in [1.165, 1.54) is 6.07 Å². The molecule has 1 aliphatic rings. The van der Waals surface area contributed by atoms with E-state index in [9.17, 15) is 18.0 Å². The molecule has 0 bridgehead atoms. The fraction of sp³-hybridized carbons (Fsp3) is 0.280. The third kappa shape index (κ3) is 5.55. The van der Waals surface area contributed by atoms with Crippen LogP contribution in [0.25, 0.3) is 10.8 Å². The van der Waals surface area contributed by atoms with Crippen LogP contribution in [0.3, 0.4) is 0 Å². The Hall–Kier alpha value is -3.43. The number of hydrogen-bond donors (Lipinski definition) is 2. The van der Waals surface area contributed by atoms with Crippen LogP contribution in [0.4, 0.5) is 5.69 Å². The number of nitrogens with one attached hydrogen (secondary N) is 1. The van der Waals surface area contributed by atoms with Gasteiger partial charge in [0.15, 0.2) is 0 Å². The molecule has 9 heteroatoms. The van der Waals surface area contributed by atoms with Crippen molar-refractivity contribution in [1.29, 1.82) is 0 Å². The molecule has 4 rings (SSSR count). The molecule has 0 saturated carbocycles. The summed E-state index contributed by atoms with van der Waals surface area (Å²) >= 11 is 0. The average molecular weight is 481 g/mol. The zero-order valence-corrected chi connectivity index (χ0v) is 19.6. The lowest BCUT2D eigenvalue weighted by Gasteiger charge is -2.37. The number of nitrogens with zero attached hydrogens (tertiary/aromatic N) is 2. The van der Waals surface area contributed by atoms with E-state index in [1.807, 2.05) is 54.6 Å². The standard InChI is InChI=1S/C25H28N4O4S/c26-24(30)13-12-23(25(31)29-16-14-28(15-17-29)21-8-2-1-3-9-21)27-34(32,33)22-11-10-19-6-4-5-7-20(19)18-22/h1-11,18,23,27H,12-17H2,(H2,26,30). The van der Waals surface area contributed by atoms with Gasteiger partial charge in [-0.2, -0.15) is 4.72 Å². The number of anilines is 1. The topological polar surface area (TPSA) is 113 Å². The van der Waals surface area contributed by atoms with Crippen molar-refractivity contribution in [3.8, 4) is 0 Å². The van der Waals surface area contributed by atoms with Crippen LogP contribution >= 0.6 is 0 Å². The van der Waals surface area contributed by atoms with Crippen molar-refractivity contribution in [3.63, 3.8) is 0 Å². The second-order valence-electron chi connectivity index (χ2n) is 8.34. The van der Waals surface area contributed by atoms with E-state index in [0.717, 1.165) is 16.5 Å². The summed E-state index contributed by atoms with van der Waals surface area (Å²) in [6, 6.07) is 21.1. The monoisotopic (exact) mass is 480 g/mol. The zero-order chi connectivity index (χ0) is 24.1. The molecule has 1 heterocycles. The van der Waals surface area contributed by atoms with Gasteiger partial charge in [-0.3, -0.25) is 9.59 Å². The number of carbonyl (C=O) groups is 2. The molecule has 178 valence electrons. The lowest BCUT2D eigenvalue weighted by molar-refractivity contribution is -0.133. The van der Waals surface area contributed by atoms with Crippen molar-refractivity contribution in [3.05, 3.63) is 72.8 Å². The molecule has 8 nitrogen and oxygen atoms in total. The molecule has 3 aromatic carbocycles. The van der Waals surface area contributed by atoms with Gasteiger partial charge in [0.25, 0.3) is 0 Å². The molecule has 0 aliphatic carbocycles. The number of sulfonamides is 1. The van der Waals surface area contributed by atoms with Crippen molar-refractivity contribution in [2.24, 2.45) is 5.73 Å². The molecule has 3 aromatic rings. The van der Waals surface area contributed by atoms with Gasteiger partial charge >= 0.3 is 0 Å². The third-order valence-corrected chi connectivity index (χ3v) is 7.49. The van der Waals surface area contributed by atoms with Crippen LogP contribution in [-0.4, -0.2) is 57.4 Å². The number of carbonyl (C=O) groups excluding carboxylic acids is 2. The first-order chi connectivity index (χ1) is 16.3. The number of hydrogen-bond acceptors (Lipinski definition) is 5. The summed E-state index contributed by atoms with van der Waals surface area (Å²) in [6.07, 6.45) is -0.0967. The maximum atomic E-state index is 13.3. The Balaban J connectivity index is 1.49. The van der Waals surface area contributed by atoms with Gasteiger partial charge in [0.1, 0.15) is 6.04 Å². The molecule has 1 atom stereocenters. The molecule has 2 amide bonds. The number of fused-ring (bicyclic) bond motifs is 1. The van der Waals surface area contributed by atoms with E-state index in [2.05, 4.69) is 9.62 Å². The number of benzene rings is 3. The molecule has 1 aliphatic heterocycles. The van der Waals surface area contributed by atoms with Crippen molar-refractivity contribution in [2.75, 3.05) is 31.1 Å². The van der Waals surface area contributed by atoms with Crippen molar-refractivity contribution in [1.82, 2.24) is 9.62 Å². The van der Waals surface area contributed by atoms with Crippen LogP contribution in [0, 0.1) is 0 Å². The van der Waals surface area contributed by atoms with Gasteiger partial charge in [-0.1, -0.05) is 48.5 Å². The third-order valence-electron chi connectivity index (χ3n) is 6.02. The van der Waals surface area contributed by atoms with E-state index in [-0.39, 0.29) is 23.6 Å². The quantitative estimate of drug-likeness (QED) is 0.513. The molecule has 0 aromatic heterocycles. The first kappa shape index (κ1) is 23.7. The number of para-hydroxylation sites is 1. The summed E-state index contributed by atoms with van der Waals surface area (Å²) in [5.74, 6) is -0.935. The van der Waals surface area contributed by atoms with Crippen molar-refractivity contribution >= 4 is 38.3 Å². The molecule has 0 spiro atoms. The minimum atomic E-state index is -4.00. The Morgan fingerprint density at radius 3 is 2.21 bits per heavy atom. The number of nitrogens with two attached hydrogens (primary N) is 1. The van der Waals surface area contributed by atoms with E-state index >= 15 is 0 Å². The van der Waals surface area contributed by atoms with Crippen LogP contribution in [0.2, 0.25) is 0 Å². The Labute approximate surface area is 199 Å². The Bertz CT molecular complexity index is 1270. The predicted octanol–water partition coefficient (Wildman–Crippen LogP) is 2.10. The first-order valence-corrected chi connectivity index (χ1v) is 12.7. The molecular weight excluding hydrogens is 452 g/mol. The second-order valence-corrected chi connectivity index (χ2v) is 10.0. The highest BCUT2D eigenvalue weighted by Gasteiger charge is 2.31. The SMILES string of the molecule is NC(=O)CCC(NS(=O)(=O)c1ccc2ccccc2c1)C(=O)N1CCN(c2ccccc2)CC1. The summed E-state index contributed by atoms with van der Waals surface area (Å²) < 4.78 is 28.8. The van der Waals surface area contributed by atoms with Crippen LogP contribution in [0.15, 0.2) is 77.7 Å². The maximum Gasteiger partial charge on any atom is 0.241 e. The Morgan fingerprint density at radius 1 is 0.882 bits per heavy atom. The fourth-order valence-corrected chi connectivity index (χ4v) is 5.41. The molecule has 1 saturated heterocycles. The highest BCUT2D eigenvalue weighted by molar-refractivity contribution is 7.89. The highest BCUT2D eigenvalue weighted by Crippen LogP contribution is 2.21. The second kappa shape index (κ2) is 10.2. The summed E-state index contributed by atoms with van der Waals surface area (Å²) in [7, 11) is -4.00. The normalized spacial score (nSPS) is 15.3. The van der Waals surface area contributed by atoms with Gasteiger partial charge in [0.05, 0.1) is 4.90 Å². The zero-order valence-electron chi connectivity index (χ0n) is 18.8. The van der Waals surface area contributed by atoms with E-state index < -0.39 is 22.0 Å². The first-order valence-electron chi connectivity index (χ1n) is 11.2. The minimum absolute atomic E-state index is 0.000122. The summed E-state index contributed by atoms with van der Waals surface area (Å²) in [6.45, 7) is 2.18. The van der Waals surface area contributed by atoms with E-state index in [1.54, 1.807) is 17.0 Å². The lowest BCUT2D eigenvalue weighted by Crippen LogP contribution is -2.55. The Kier molecular flexibility index (Phi) is 7.14. The van der Waals surface area contributed by atoms with Gasteiger partial charge in [-0.15, -0.1) is 0 Å². The number of rotatable bonds is 8. The van der Waals surface area contributed by atoms with Crippen LogP contribution in [-0.2, 0) is 19.6 Å². The largest absolute Gasteiger partial charge is 0.370 e. The summed E-state index contributed by atoms with van der Waals surface area (Å²) in [5.41, 5.74) is 6.37. The summed E-state index contributed by atoms with van der Waals surface area (Å²) in [5, 5.41) is 1.70. The predicted molar refractivity (Wildman–Crippen MR) is 132 cm³/mol. The smallest absolute Gasteiger partial charge is 0.241 e. The van der Waals surface area contributed by atoms with Gasteiger partial charge in [0, 0.05) is 38.3 Å². The molecule has 3 N–H and O–H groups in total. The lowest BCUT2D eigenvalue weighted by atomic mass is 10.1. The van der Waals surface area contributed by atoms with Crippen molar-refractivity contribution in [2.45, 2.75) is 23.8 Å². The molecule has 1 unspecified atom stereocenters. The van der Waals surface area contributed by atoms with Gasteiger partial charge in [-0.05, 0) is 41.5 Å². The summed E-state index contributed by atoms with van der Waals surface area (Å²) in [4.78, 5) is 28.6. The van der Waals surface area contributed by atoms with Crippen molar-refractivity contribution < 1.29 is 18.0 Å². The van der Waals surface area contributed by atoms with Gasteiger partial charge in [0.2, 0.25) is 21.8 Å². The van der Waals surface area contributed by atoms with E-state index in [4.69, 9.17) is 5.73 Å². The minimum Gasteiger partial charge on any atom is -0.370 e. The fourth-order valence-electron chi connectivity index (χ4n) is 4.15. The Morgan fingerprint density at radius 2 is 1.53 bits per heavy atom. The number of piperazine rings is 1. The molecule has 34 heavy (non-hydrogen) atoms. The van der Waals surface area contributed by atoms with Gasteiger partial charge in [-0.25, -0.2) is 8.42 Å². The highest BCUT2D eigenvalue weighted by atomic mass is 32.2. The average Bonchev–Trinajstić information content (AvgIpc) is 2.86. The number of primary amides is 1.